The van der Waals surface area contributed by atoms with Gasteiger partial charge in [-0.1, -0.05) is 0 Å². The molecule has 1 aromatic rings. The summed E-state index contributed by atoms with van der Waals surface area (Å²) in [7, 11) is 1.31. The van der Waals surface area contributed by atoms with Crippen LogP contribution in [0.25, 0.3) is 0 Å². The Bertz CT molecular complexity index is 542. The van der Waals surface area contributed by atoms with E-state index in [0.717, 1.165) is 12.0 Å². The van der Waals surface area contributed by atoms with Gasteiger partial charge in [0.25, 0.3) is 0 Å². The number of rotatable bonds is 5. The smallest absolute Gasteiger partial charge is 0.306 e. The third-order valence-corrected chi connectivity index (χ3v) is 3.99. The Hall–Kier alpha value is -2.31. The number of methoxy groups -OCH3 is 1. The summed E-state index contributed by atoms with van der Waals surface area (Å²) in [6, 6.07) is 1.89. The van der Waals surface area contributed by atoms with Crippen LogP contribution in [0.15, 0.2) is 18.5 Å². The molecule has 126 valence electrons. The standard InChI is InChI=1S/C16H23N3O4/c1-23-16(22)4-3-14(20)18-7-2-8-19(10-9-18)15(21)11-13-5-6-17-12-13/h5-6,12,17H,2-4,7-11H2,1H3. The molecular formula is C16H23N3O4. The molecule has 0 atom stereocenters. The van der Waals surface area contributed by atoms with Gasteiger partial charge < -0.3 is 19.5 Å². The predicted molar refractivity (Wildman–Crippen MR) is 83.5 cm³/mol. The fraction of sp³-hybridized carbons (Fsp3) is 0.562. The lowest BCUT2D eigenvalue weighted by molar-refractivity contribution is -0.143. The topological polar surface area (TPSA) is 82.7 Å². The van der Waals surface area contributed by atoms with E-state index in [0.29, 0.717) is 32.6 Å². The Balaban J connectivity index is 1.80. The summed E-state index contributed by atoms with van der Waals surface area (Å²) in [6.45, 7) is 2.32. The maximum atomic E-state index is 12.3. The van der Waals surface area contributed by atoms with Crippen molar-refractivity contribution in [1.29, 1.82) is 0 Å². The molecule has 2 heterocycles. The van der Waals surface area contributed by atoms with Crippen LogP contribution >= 0.6 is 0 Å². The molecule has 23 heavy (non-hydrogen) atoms. The van der Waals surface area contributed by atoms with Crippen molar-refractivity contribution in [2.45, 2.75) is 25.7 Å². The molecular weight excluding hydrogens is 298 g/mol. The number of hydrogen-bond acceptors (Lipinski definition) is 4. The number of aromatic amines is 1. The molecule has 1 N–H and O–H groups in total. The van der Waals surface area contributed by atoms with Gasteiger partial charge in [0.15, 0.2) is 0 Å². The minimum Gasteiger partial charge on any atom is -0.469 e. The number of carbonyl (C=O) groups excluding carboxylic acids is 3. The summed E-state index contributed by atoms with van der Waals surface area (Å²) in [5, 5.41) is 0. The van der Waals surface area contributed by atoms with Gasteiger partial charge in [-0.25, -0.2) is 0 Å². The fourth-order valence-electron chi connectivity index (χ4n) is 2.64. The number of amides is 2. The van der Waals surface area contributed by atoms with Crippen LogP contribution in [0, 0.1) is 0 Å². The lowest BCUT2D eigenvalue weighted by Crippen LogP contribution is -2.38. The molecule has 0 bridgehead atoms. The normalized spacial score (nSPS) is 15.2. The highest BCUT2D eigenvalue weighted by atomic mass is 16.5. The zero-order valence-electron chi connectivity index (χ0n) is 13.4. The maximum Gasteiger partial charge on any atom is 0.306 e. The van der Waals surface area contributed by atoms with E-state index in [1.165, 1.54) is 7.11 Å². The number of nitrogens with one attached hydrogen (secondary N) is 1. The molecule has 2 rings (SSSR count). The van der Waals surface area contributed by atoms with Gasteiger partial charge in [-0.2, -0.15) is 0 Å². The van der Waals surface area contributed by atoms with Gasteiger partial charge in [-0.15, -0.1) is 0 Å². The molecule has 7 heteroatoms. The van der Waals surface area contributed by atoms with Gasteiger partial charge >= 0.3 is 5.97 Å². The van der Waals surface area contributed by atoms with Crippen LogP contribution in [-0.4, -0.2) is 65.9 Å². The van der Waals surface area contributed by atoms with E-state index < -0.39 is 0 Å². The number of esters is 1. The Morgan fingerprint density at radius 3 is 2.39 bits per heavy atom. The van der Waals surface area contributed by atoms with Crippen molar-refractivity contribution in [3.05, 3.63) is 24.0 Å². The molecule has 0 aromatic carbocycles. The molecule has 0 saturated carbocycles. The number of H-pyrrole nitrogens is 1. The highest BCUT2D eigenvalue weighted by molar-refractivity contribution is 5.82. The van der Waals surface area contributed by atoms with E-state index in [2.05, 4.69) is 9.72 Å². The largest absolute Gasteiger partial charge is 0.469 e. The van der Waals surface area contributed by atoms with E-state index in [1.807, 2.05) is 12.3 Å². The second-order valence-corrected chi connectivity index (χ2v) is 5.59. The molecule has 0 unspecified atom stereocenters. The zero-order valence-corrected chi connectivity index (χ0v) is 13.4. The second kappa shape index (κ2) is 8.36. The van der Waals surface area contributed by atoms with Gasteiger partial charge in [0.2, 0.25) is 11.8 Å². The molecule has 1 aliphatic heterocycles. The van der Waals surface area contributed by atoms with Gasteiger partial charge in [0.1, 0.15) is 0 Å². The Morgan fingerprint density at radius 2 is 1.78 bits per heavy atom. The Kier molecular flexibility index (Phi) is 6.19. The van der Waals surface area contributed by atoms with E-state index in [4.69, 9.17) is 0 Å². The molecule has 1 aromatic heterocycles. The third-order valence-electron chi connectivity index (χ3n) is 3.99. The van der Waals surface area contributed by atoms with Crippen LogP contribution < -0.4 is 0 Å². The monoisotopic (exact) mass is 321 g/mol. The molecule has 0 spiro atoms. The van der Waals surface area contributed by atoms with Crippen molar-refractivity contribution in [3.8, 4) is 0 Å². The van der Waals surface area contributed by atoms with Gasteiger partial charge in [-0.3, -0.25) is 14.4 Å². The van der Waals surface area contributed by atoms with Crippen molar-refractivity contribution in [2.75, 3.05) is 33.3 Å². The minimum absolute atomic E-state index is 0.0599. The van der Waals surface area contributed by atoms with E-state index in [9.17, 15) is 14.4 Å². The average molecular weight is 321 g/mol. The average Bonchev–Trinajstić information content (AvgIpc) is 2.93. The van der Waals surface area contributed by atoms with Crippen LogP contribution in [0.1, 0.15) is 24.8 Å². The van der Waals surface area contributed by atoms with Gasteiger partial charge in [0, 0.05) is 45.0 Å². The van der Waals surface area contributed by atoms with Crippen molar-refractivity contribution in [1.82, 2.24) is 14.8 Å². The van der Waals surface area contributed by atoms with Crippen LogP contribution in [0.2, 0.25) is 0 Å². The van der Waals surface area contributed by atoms with E-state index in [-0.39, 0.29) is 30.6 Å². The number of aromatic nitrogens is 1. The molecule has 7 nitrogen and oxygen atoms in total. The molecule has 1 saturated heterocycles. The second-order valence-electron chi connectivity index (χ2n) is 5.59. The maximum absolute atomic E-state index is 12.3. The lowest BCUT2D eigenvalue weighted by Gasteiger charge is -2.22. The number of hydrogen-bond donors (Lipinski definition) is 1. The Morgan fingerprint density at radius 1 is 1.09 bits per heavy atom. The van der Waals surface area contributed by atoms with Gasteiger partial charge in [-0.05, 0) is 18.1 Å². The van der Waals surface area contributed by atoms with Crippen molar-refractivity contribution >= 4 is 17.8 Å². The first-order valence-electron chi connectivity index (χ1n) is 7.84. The van der Waals surface area contributed by atoms with Crippen molar-refractivity contribution in [2.24, 2.45) is 0 Å². The number of carbonyl (C=O) groups is 3. The number of ether oxygens (including phenoxy) is 1. The molecule has 2 amide bonds. The first-order chi connectivity index (χ1) is 11.1. The van der Waals surface area contributed by atoms with E-state index in [1.54, 1.807) is 16.0 Å². The fourth-order valence-corrected chi connectivity index (χ4v) is 2.64. The summed E-state index contributed by atoms with van der Waals surface area (Å²) in [6.07, 6.45) is 5.00. The van der Waals surface area contributed by atoms with Crippen LogP contribution in [0.4, 0.5) is 0 Å². The van der Waals surface area contributed by atoms with Crippen molar-refractivity contribution < 1.29 is 19.1 Å². The molecule has 1 aliphatic rings. The van der Waals surface area contributed by atoms with Crippen LogP contribution in [0.3, 0.4) is 0 Å². The summed E-state index contributed by atoms with van der Waals surface area (Å²) >= 11 is 0. The third kappa shape index (κ3) is 5.12. The highest BCUT2D eigenvalue weighted by Crippen LogP contribution is 2.09. The zero-order chi connectivity index (χ0) is 16.7. The molecule has 0 radical (unpaired) electrons. The SMILES string of the molecule is COC(=O)CCC(=O)N1CCCN(C(=O)Cc2cc[nH]c2)CC1. The molecule has 1 fully saturated rings. The quantitative estimate of drug-likeness (QED) is 0.804. The van der Waals surface area contributed by atoms with Crippen LogP contribution in [-0.2, 0) is 25.5 Å². The number of nitrogens with zero attached hydrogens (tertiary/aromatic N) is 2. The first-order valence-corrected chi connectivity index (χ1v) is 7.84. The predicted octanol–water partition coefficient (Wildman–Crippen LogP) is 0.571. The first kappa shape index (κ1) is 17.1. The molecule has 0 aliphatic carbocycles. The van der Waals surface area contributed by atoms with E-state index >= 15 is 0 Å². The minimum atomic E-state index is -0.378. The van der Waals surface area contributed by atoms with Crippen molar-refractivity contribution in [3.63, 3.8) is 0 Å². The summed E-state index contributed by atoms with van der Waals surface area (Å²) in [4.78, 5) is 42.0. The lowest BCUT2D eigenvalue weighted by atomic mass is 10.2. The summed E-state index contributed by atoms with van der Waals surface area (Å²) < 4.78 is 4.55. The highest BCUT2D eigenvalue weighted by Gasteiger charge is 2.22. The summed E-state index contributed by atoms with van der Waals surface area (Å²) in [5.41, 5.74) is 0.963. The van der Waals surface area contributed by atoms with Crippen LogP contribution in [0.5, 0.6) is 0 Å². The summed E-state index contributed by atoms with van der Waals surface area (Å²) in [5.74, 6) is -0.361. The van der Waals surface area contributed by atoms with Gasteiger partial charge in [0.05, 0.1) is 20.0 Å². The Labute approximate surface area is 135 Å².